The average molecular weight is 217 g/mol. The van der Waals surface area contributed by atoms with Crippen molar-refractivity contribution in [1.29, 1.82) is 5.26 Å². The van der Waals surface area contributed by atoms with Gasteiger partial charge in [-0.05, 0) is 35.9 Å². The Morgan fingerprint density at radius 1 is 1.06 bits per heavy atom. The Morgan fingerprint density at radius 3 is 2.65 bits per heavy atom. The molecule has 2 aromatic carbocycles. The van der Waals surface area contributed by atoms with Gasteiger partial charge in [0.1, 0.15) is 0 Å². The van der Waals surface area contributed by atoms with Crippen LogP contribution in [0, 0.1) is 17.4 Å². The van der Waals surface area contributed by atoms with E-state index in [1.807, 2.05) is 42.5 Å². The number of aromatic amines is 1. The lowest BCUT2D eigenvalue weighted by Crippen LogP contribution is -1.75. The molecular weight excluding hydrogens is 208 g/mol. The number of H-pyrrole nitrogens is 1. The van der Waals surface area contributed by atoms with Gasteiger partial charge in [-0.2, -0.15) is 5.26 Å². The van der Waals surface area contributed by atoms with E-state index < -0.39 is 0 Å². The van der Waals surface area contributed by atoms with Crippen LogP contribution in [0.25, 0.3) is 22.2 Å². The summed E-state index contributed by atoms with van der Waals surface area (Å²) in [6.45, 7) is 0. The van der Waals surface area contributed by atoms with Gasteiger partial charge >= 0.3 is 0 Å². The lowest BCUT2D eigenvalue weighted by atomic mass is 10.1. The van der Waals surface area contributed by atoms with Crippen LogP contribution in [0.5, 0.6) is 0 Å². The molecule has 1 heterocycles. The number of nitrogens with zero attached hydrogens (tertiary/aromatic N) is 1. The van der Waals surface area contributed by atoms with Crippen LogP contribution in [-0.2, 0) is 0 Å². The SMILES string of the molecule is N#Cc1ccc2[nH]c(-c3cc[c]cc3)cc2c1. The second-order valence-electron chi connectivity index (χ2n) is 3.89. The molecule has 0 saturated heterocycles. The molecule has 0 fully saturated rings. The number of fused-ring (bicyclic) bond motifs is 1. The second-order valence-corrected chi connectivity index (χ2v) is 3.89. The molecule has 1 radical (unpaired) electrons. The number of nitrogens with one attached hydrogen (secondary N) is 1. The monoisotopic (exact) mass is 217 g/mol. The molecule has 3 aromatic rings. The number of benzene rings is 2. The minimum atomic E-state index is 0.685. The normalized spacial score (nSPS) is 10.3. The number of hydrogen-bond donors (Lipinski definition) is 1. The lowest BCUT2D eigenvalue weighted by molar-refractivity contribution is 1.45. The van der Waals surface area contributed by atoms with Crippen molar-refractivity contribution in [3.05, 3.63) is 60.2 Å². The molecule has 0 atom stereocenters. The first kappa shape index (κ1) is 9.68. The Kier molecular flexibility index (Phi) is 2.16. The molecule has 1 N–H and O–H groups in total. The molecule has 0 aliphatic heterocycles. The molecule has 0 aliphatic rings. The Morgan fingerprint density at radius 2 is 1.88 bits per heavy atom. The van der Waals surface area contributed by atoms with Gasteiger partial charge in [-0.1, -0.05) is 24.3 Å². The molecule has 2 nitrogen and oxygen atoms in total. The van der Waals surface area contributed by atoms with Crippen LogP contribution in [-0.4, -0.2) is 4.98 Å². The summed E-state index contributed by atoms with van der Waals surface area (Å²) in [5, 5.41) is 9.92. The quantitative estimate of drug-likeness (QED) is 0.665. The Hall–Kier alpha value is -2.53. The fourth-order valence-electron chi connectivity index (χ4n) is 1.92. The molecule has 0 bridgehead atoms. The molecule has 0 amide bonds. The number of nitriles is 1. The zero-order chi connectivity index (χ0) is 11.7. The van der Waals surface area contributed by atoms with Gasteiger partial charge in [0.05, 0.1) is 11.6 Å². The maximum atomic E-state index is 8.86. The van der Waals surface area contributed by atoms with E-state index in [2.05, 4.69) is 23.2 Å². The predicted octanol–water partition coefficient (Wildman–Crippen LogP) is 3.51. The highest BCUT2D eigenvalue weighted by molar-refractivity contribution is 5.86. The van der Waals surface area contributed by atoms with Gasteiger partial charge in [0.25, 0.3) is 0 Å². The number of hydrogen-bond acceptors (Lipinski definition) is 1. The van der Waals surface area contributed by atoms with Crippen LogP contribution in [0.15, 0.2) is 48.5 Å². The van der Waals surface area contributed by atoms with E-state index >= 15 is 0 Å². The summed E-state index contributed by atoms with van der Waals surface area (Å²) in [4.78, 5) is 3.34. The Balaban J connectivity index is 2.18. The molecule has 0 aliphatic carbocycles. The topological polar surface area (TPSA) is 39.6 Å². The summed E-state index contributed by atoms with van der Waals surface area (Å²) in [5.74, 6) is 0. The third kappa shape index (κ3) is 1.68. The largest absolute Gasteiger partial charge is 0.355 e. The van der Waals surface area contributed by atoms with Crippen LogP contribution >= 0.6 is 0 Å². The zero-order valence-electron chi connectivity index (χ0n) is 9.07. The van der Waals surface area contributed by atoms with Gasteiger partial charge in [0.2, 0.25) is 0 Å². The third-order valence-corrected chi connectivity index (χ3v) is 2.78. The lowest BCUT2D eigenvalue weighted by Gasteiger charge is -1.94. The van der Waals surface area contributed by atoms with Gasteiger partial charge in [0, 0.05) is 16.6 Å². The first-order chi connectivity index (χ1) is 8.36. The third-order valence-electron chi connectivity index (χ3n) is 2.78. The Labute approximate surface area is 99.1 Å². The van der Waals surface area contributed by atoms with Crippen LogP contribution in [0.2, 0.25) is 0 Å². The molecule has 1 aromatic heterocycles. The van der Waals surface area contributed by atoms with Gasteiger partial charge in [-0.25, -0.2) is 0 Å². The van der Waals surface area contributed by atoms with Crippen LogP contribution < -0.4 is 0 Å². The van der Waals surface area contributed by atoms with E-state index in [9.17, 15) is 0 Å². The van der Waals surface area contributed by atoms with E-state index in [4.69, 9.17) is 5.26 Å². The van der Waals surface area contributed by atoms with Crippen molar-refractivity contribution in [2.75, 3.05) is 0 Å². The van der Waals surface area contributed by atoms with Crippen LogP contribution in [0.4, 0.5) is 0 Å². The van der Waals surface area contributed by atoms with Crippen molar-refractivity contribution in [2.45, 2.75) is 0 Å². The molecule has 0 unspecified atom stereocenters. The van der Waals surface area contributed by atoms with E-state index in [1.165, 1.54) is 0 Å². The van der Waals surface area contributed by atoms with Gasteiger partial charge < -0.3 is 4.98 Å². The van der Waals surface area contributed by atoms with Crippen molar-refractivity contribution >= 4 is 10.9 Å². The fourth-order valence-corrected chi connectivity index (χ4v) is 1.92. The molecule has 0 spiro atoms. The minimum Gasteiger partial charge on any atom is -0.355 e. The highest BCUT2D eigenvalue weighted by atomic mass is 14.7. The second kappa shape index (κ2) is 3.80. The summed E-state index contributed by atoms with van der Waals surface area (Å²) in [5.41, 5.74) is 3.92. The van der Waals surface area contributed by atoms with Crippen molar-refractivity contribution in [1.82, 2.24) is 4.98 Å². The summed E-state index contributed by atoms with van der Waals surface area (Å²) in [7, 11) is 0. The Bertz CT molecular complexity index is 703. The van der Waals surface area contributed by atoms with Gasteiger partial charge in [0.15, 0.2) is 0 Å². The average Bonchev–Trinajstić information content (AvgIpc) is 2.82. The fraction of sp³-hybridized carbons (Fsp3) is 0. The smallest absolute Gasteiger partial charge is 0.0991 e. The van der Waals surface area contributed by atoms with E-state index in [-0.39, 0.29) is 0 Å². The predicted molar refractivity (Wildman–Crippen MR) is 67.3 cm³/mol. The molecule has 3 rings (SSSR count). The van der Waals surface area contributed by atoms with Crippen molar-refractivity contribution in [2.24, 2.45) is 0 Å². The van der Waals surface area contributed by atoms with Gasteiger partial charge in [-0.15, -0.1) is 0 Å². The van der Waals surface area contributed by atoms with Crippen molar-refractivity contribution in [3.8, 4) is 17.3 Å². The number of aromatic nitrogens is 1. The van der Waals surface area contributed by atoms with Crippen molar-refractivity contribution in [3.63, 3.8) is 0 Å². The maximum absolute atomic E-state index is 8.86. The molecule has 79 valence electrons. The van der Waals surface area contributed by atoms with E-state index in [0.29, 0.717) is 5.56 Å². The maximum Gasteiger partial charge on any atom is 0.0991 e. The molecule has 2 heteroatoms. The van der Waals surface area contributed by atoms with E-state index in [1.54, 1.807) is 0 Å². The molecule has 17 heavy (non-hydrogen) atoms. The minimum absolute atomic E-state index is 0.685. The molecule has 0 saturated carbocycles. The summed E-state index contributed by atoms with van der Waals surface area (Å²) in [6.07, 6.45) is 0. The van der Waals surface area contributed by atoms with Crippen LogP contribution in [0.1, 0.15) is 5.56 Å². The standard InChI is InChI=1S/C15H9N2/c16-10-11-6-7-14-13(8-11)9-15(17-14)12-4-2-1-3-5-12/h2-9,17H. The number of rotatable bonds is 1. The van der Waals surface area contributed by atoms with Gasteiger partial charge in [-0.3, -0.25) is 0 Å². The highest BCUT2D eigenvalue weighted by Crippen LogP contribution is 2.24. The summed E-state index contributed by atoms with van der Waals surface area (Å²) >= 11 is 0. The summed E-state index contributed by atoms with van der Waals surface area (Å²) in [6, 6.07) is 20.7. The van der Waals surface area contributed by atoms with Crippen molar-refractivity contribution < 1.29 is 0 Å². The molecular formula is C15H9N2. The van der Waals surface area contributed by atoms with Crippen LogP contribution in [0.3, 0.4) is 0 Å². The zero-order valence-corrected chi connectivity index (χ0v) is 9.07. The summed E-state index contributed by atoms with van der Waals surface area (Å²) < 4.78 is 0. The first-order valence-corrected chi connectivity index (χ1v) is 5.36. The first-order valence-electron chi connectivity index (χ1n) is 5.36. The van der Waals surface area contributed by atoms with E-state index in [0.717, 1.165) is 22.2 Å². The highest BCUT2D eigenvalue weighted by Gasteiger charge is 2.03.